The Balaban J connectivity index is 2.48. The lowest BCUT2D eigenvalue weighted by Gasteiger charge is -2.07. The molecule has 2 rings (SSSR count). The van der Waals surface area contributed by atoms with Gasteiger partial charge in [0.25, 0.3) is 10.0 Å². The number of aromatic nitrogens is 3. The summed E-state index contributed by atoms with van der Waals surface area (Å²) < 4.78 is 42.9. The molecule has 0 amide bonds. The SMILES string of the molecule is Nc1cc(Br)c(F)c(S(=O)(=O)Nc2nnns2)c1. The molecule has 11 heteroatoms. The maximum Gasteiger partial charge on any atom is 0.266 e. The first-order chi connectivity index (χ1) is 8.40. The van der Waals surface area contributed by atoms with E-state index in [2.05, 4.69) is 30.7 Å². The van der Waals surface area contributed by atoms with Gasteiger partial charge in [0.2, 0.25) is 5.13 Å². The Kier molecular flexibility index (Phi) is 3.45. The minimum absolute atomic E-state index is 0.0433. The maximum atomic E-state index is 13.7. The van der Waals surface area contributed by atoms with Crippen molar-refractivity contribution >= 4 is 48.3 Å². The molecule has 0 unspecified atom stereocenters. The topological polar surface area (TPSA) is 111 Å². The number of nitrogens with two attached hydrogens (primary N) is 1. The number of hydrogen-bond donors (Lipinski definition) is 2. The second kappa shape index (κ2) is 4.74. The Labute approximate surface area is 114 Å². The van der Waals surface area contributed by atoms with Crippen LogP contribution in [0.4, 0.5) is 15.2 Å². The third-order valence-corrected chi connectivity index (χ3v) is 4.38. The van der Waals surface area contributed by atoms with Crippen LogP contribution in [0.1, 0.15) is 0 Å². The minimum atomic E-state index is -4.13. The fourth-order valence-electron chi connectivity index (χ4n) is 1.12. The Bertz CT molecular complexity index is 675. The van der Waals surface area contributed by atoms with E-state index in [0.717, 1.165) is 17.6 Å². The van der Waals surface area contributed by atoms with E-state index < -0.39 is 20.7 Å². The fourth-order valence-corrected chi connectivity index (χ4v) is 3.45. The van der Waals surface area contributed by atoms with Crippen LogP contribution in [-0.4, -0.2) is 23.2 Å². The van der Waals surface area contributed by atoms with Crippen molar-refractivity contribution in [2.75, 3.05) is 10.5 Å². The van der Waals surface area contributed by atoms with Crippen LogP contribution in [0.25, 0.3) is 0 Å². The van der Waals surface area contributed by atoms with Crippen molar-refractivity contribution in [2.45, 2.75) is 4.90 Å². The summed E-state index contributed by atoms with van der Waals surface area (Å²) in [6.07, 6.45) is 0. The molecule has 3 N–H and O–H groups in total. The van der Waals surface area contributed by atoms with Gasteiger partial charge in [-0.15, -0.1) is 0 Å². The summed E-state index contributed by atoms with van der Waals surface area (Å²) in [5.41, 5.74) is 5.58. The van der Waals surface area contributed by atoms with E-state index in [4.69, 9.17) is 5.73 Å². The smallest absolute Gasteiger partial charge is 0.266 e. The molecule has 0 aliphatic rings. The standard InChI is InChI=1S/C7H5BrFN5O2S2/c8-4-1-3(10)2-5(6(4)9)18(15,16)12-7-11-13-14-17-7/h1-2H,10H2,(H,11,12,14). The lowest BCUT2D eigenvalue weighted by molar-refractivity contribution is 0.567. The van der Waals surface area contributed by atoms with E-state index in [-0.39, 0.29) is 15.3 Å². The first-order valence-corrected chi connectivity index (χ1v) is 7.37. The summed E-state index contributed by atoms with van der Waals surface area (Å²) in [4.78, 5) is -0.579. The zero-order valence-electron chi connectivity index (χ0n) is 8.46. The quantitative estimate of drug-likeness (QED) is 0.802. The van der Waals surface area contributed by atoms with Gasteiger partial charge in [0.15, 0.2) is 5.82 Å². The van der Waals surface area contributed by atoms with Gasteiger partial charge in [0.1, 0.15) is 4.90 Å². The number of benzene rings is 1. The molecule has 96 valence electrons. The van der Waals surface area contributed by atoms with E-state index >= 15 is 0 Å². The van der Waals surface area contributed by atoms with Gasteiger partial charge in [0.05, 0.1) is 4.47 Å². The number of nitrogens with zero attached hydrogens (tertiary/aromatic N) is 3. The Morgan fingerprint density at radius 3 is 2.78 bits per heavy atom. The number of rotatable bonds is 3. The molecule has 0 saturated heterocycles. The number of sulfonamides is 1. The highest BCUT2D eigenvalue weighted by Gasteiger charge is 2.23. The lowest BCUT2D eigenvalue weighted by atomic mass is 10.3. The van der Waals surface area contributed by atoms with Crippen LogP contribution in [0.5, 0.6) is 0 Å². The van der Waals surface area contributed by atoms with Crippen LogP contribution in [0, 0.1) is 5.82 Å². The Morgan fingerprint density at radius 2 is 2.17 bits per heavy atom. The predicted octanol–water partition coefficient (Wildman–Crippen LogP) is 1.22. The summed E-state index contributed by atoms with van der Waals surface area (Å²) in [7, 11) is -4.13. The molecule has 0 bridgehead atoms. The van der Waals surface area contributed by atoms with Crippen molar-refractivity contribution in [3.63, 3.8) is 0 Å². The number of nitrogens with one attached hydrogen (secondary N) is 1. The average Bonchev–Trinajstić information content (AvgIpc) is 2.75. The number of hydrogen-bond acceptors (Lipinski definition) is 7. The summed E-state index contributed by atoms with van der Waals surface area (Å²) >= 11 is 3.61. The zero-order valence-corrected chi connectivity index (χ0v) is 11.7. The molecule has 7 nitrogen and oxygen atoms in total. The molecule has 0 aliphatic carbocycles. The first kappa shape index (κ1) is 13.1. The van der Waals surface area contributed by atoms with E-state index in [9.17, 15) is 12.8 Å². The third-order valence-electron chi connectivity index (χ3n) is 1.83. The first-order valence-electron chi connectivity index (χ1n) is 4.32. The van der Waals surface area contributed by atoms with Crippen molar-refractivity contribution in [1.82, 2.24) is 14.8 Å². The molecular weight excluding hydrogens is 349 g/mol. The highest BCUT2D eigenvalue weighted by atomic mass is 79.9. The van der Waals surface area contributed by atoms with E-state index in [1.807, 2.05) is 4.72 Å². The summed E-state index contributed by atoms with van der Waals surface area (Å²) in [5.74, 6) is -0.936. The molecule has 0 spiro atoms. The molecule has 1 heterocycles. The molecule has 18 heavy (non-hydrogen) atoms. The summed E-state index contributed by atoms with van der Waals surface area (Å²) in [6, 6.07) is 2.28. The van der Waals surface area contributed by atoms with Gasteiger partial charge >= 0.3 is 0 Å². The second-order valence-electron chi connectivity index (χ2n) is 3.09. The van der Waals surface area contributed by atoms with Gasteiger partial charge in [-0.3, -0.25) is 4.72 Å². The van der Waals surface area contributed by atoms with E-state index in [0.29, 0.717) is 0 Å². The number of anilines is 2. The van der Waals surface area contributed by atoms with Crippen LogP contribution < -0.4 is 10.5 Å². The van der Waals surface area contributed by atoms with Gasteiger partial charge in [-0.25, -0.2) is 12.8 Å². The van der Waals surface area contributed by atoms with Crippen LogP contribution in [0.3, 0.4) is 0 Å². The molecule has 0 saturated carbocycles. The van der Waals surface area contributed by atoms with E-state index in [1.165, 1.54) is 6.07 Å². The van der Waals surface area contributed by atoms with Crippen molar-refractivity contribution in [3.8, 4) is 0 Å². The summed E-state index contributed by atoms with van der Waals surface area (Å²) in [6.45, 7) is 0. The lowest BCUT2D eigenvalue weighted by Crippen LogP contribution is -2.15. The molecular formula is C7H5BrFN5O2S2. The molecule has 1 aromatic heterocycles. The Hall–Kier alpha value is -1.33. The monoisotopic (exact) mass is 353 g/mol. The van der Waals surface area contributed by atoms with Gasteiger partial charge in [-0.05, 0) is 33.3 Å². The summed E-state index contributed by atoms with van der Waals surface area (Å²) in [5, 5.41) is 6.56. The van der Waals surface area contributed by atoms with Crippen molar-refractivity contribution in [2.24, 2.45) is 0 Å². The van der Waals surface area contributed by atoms with Crippen LogP contribution >= 0.6 is 27.5 Å². The average molecular weight is 354 g/mol. The molecule has 0 atom stereocenters. The highest BCUT2D eigenvalue weighted by Crippen LogP contribution is 2.27. The molecule has 0 aliphatic heterocycles. The fraction of sp³-hybridized carbons (Fsp3) is 0. The highest BCUT2D eigenvalue weighted by molar-refractivity contribution is 9.10. The van der Waals surface area contributed by atoms with Crippen molar-refractivity contribution < 1.29 is 12.8 Å². The second-order valence-corrected chi connectivity index (χ2v) is 6.33. The van der Waals surface area contributed by atoms with Gasteiger partial charge in [-0.1, -0.05) is 9.59 Å². The van der Waals surface area contributed by atoms with E-state index in [1.54, 1.807) is 0 Å². The number of halogens is 2. The number of nitrogen functional groups attached to an aromatic ring is 1. The molecule has 1 aromatic carbocycles. The van der Waals surface area contributed by atoms with Gasteiger partial charge in [0, 0.05) is 17.2 Å². The van der Waals surface area contributed by atoms with Crippen molar-refractivity contribution in [1.29, 1.82) is 0 Å². The molecule has 0 fully saturated rings. The van der Waals surface area contributed by atoms with Crippen LogP contribution in [-0.2, 0) is 10.0 Å². The minimum Gasteiger partial charge on any atom is -0.399 e. The van der Waals surface area contributed by atoms with Gasteiger partial charge in [-0.2, -0.15) is 0 Å². The Morgan fingerprint density at radius 1 is 1.44 bits per heavy atom. The normalized spacial score (nSPS) is 11.4. The van der Waals surface area contributed by atoms with Crippen molar-refractivity contribution in [3.05, 3.63) is 22.4 Å². The maximum absolute atomic E-state index is 13.7. The van der Waals surface area contributed by atoms with Crippen LogP contribution in [0.15, 0.2) is 21.5 Å². The molecule has 0 radical (unpaired) electrons. The van der Waals surface area contributed by atoms with Gasteiger partial charge < -0.3 is 5.73 Å². The predicted molar refractivity (Wildman–Crippen MR) is 67.0 cm³/mol. The zero-order chi connectivity index (χ0) is 13.3. The molecule has 2 aromatic rings. The van der Waals surface area contributed by atoms with Crippen LogP contribution in [0.2, 0.25) is 0 Å². The largest absolute Gasteiger partial charge is 0.399 e. The third kappa shape index (κ3) is 2.57.